The van der Waals surface area contributed by atoms with E-state index in [0.717, 1.165) is 79.2 Å². The number of morpholine rings is 1. The zero-order valence-electron chi connectivity index (χ0n) is 21.4. The van der Waals surface area contributed by atoms with Gasteiger partial charge in [0.1, 0.15) is 5.75 Å². The molecule has 36 heavy (non-hydrogen) atoms. The lowest BCUT2D eigenvalue weighted by Gasteiger charge is -2.28. The zero-order valence-corrected chi connectivity index (χ0v) is 22.2. The number of aryl methyl sites for hydroxylation is 2. The molecule has 1 saturated heterocycles. The van der Waals surface area contributed by atoms with Crippen LogP contribution in [0.5, 0.6) is 5.75 Å². The van der Waals surface area contributed by atoms with E-state index in [-0.39, 0.29) is 5.56 Å². The number of aromatic nitrogens is 1. The molecular formula is C28H36N4O3S. The van der Waals surface area contributed by atoms with Gasteiger partial charge < -0.3 is 24.7 Å². The molecule has 8 heteroatoms. The molecule has 1 aromatic heterocycles. The maximum absolute atomic E-state index is 13.0. The van der Waals surface area contributed by atoms with Crippen LogP contribution in [0.25, 0.3) is 10.9 Å². The van der Waals surface area contributed by atoms with Gasteiger partial charge in [0.2, 0.25) is 0 Å². The van der Waals surface area contributed by atoms with E-state index in [0.29, 0.717) is 23.8 Å². The monoisotopic (exact) mass is 508 g/mol. The molecule has 2 N–H and O–H groups in total. The van der Waals surface area contributed by atoms with Crippen LogP contribution in [0.2, 0.25) is 0 Å². The van der Waals surface area contributed by atoms with E-state index in [1.165, 1.54) is 0 Å². The Bertz CT molecular complexity index is 1240. The Morgan fingerprint density at radius 1 is 1.11 bits per heavy atom. The fraction of sp³-hybridized carbons (Fsp3) is 0.429. The molecule has 0 unspecified atom stereocenters. The molecule has 1 aliphatic heterocycles. The molecule has 4 rings (SSSR count). The molecule has 0 atom stereocenters. The van der Waals surface area contributed by atoms with Crippen molar-refractivity contribution in [1.82, 2.24) is 20.1 Å². The zero-order chi connectivity index (χ0) is 25.5. The molecule has 192 valence electrons. The molecule has 1 aliphatic rings. The Kier molecular flexibility index (Phi) is 8.96. The SMILES string of the molecule is COc1ccc(CN(Cc2cc3c(C)ccc(C)c3[nH]c2=O)C(=S)NCCCN2CCOCC2)cc1. The van der Waals surface area contributed by atoms with Crippen LogP contribution in [-0.4, -0.2) is 66.4 Å². The van der Waals surface area contributed by atoms with E-state index in [1.807, 2.05) is 43.3 Å². The molecule has 0 aliphatic carbocycles. The van der Waals surface area contributed by atoms with Crippen molar-refractivity contribution in [2.75, 3.05) is 46.5 Å². The van der Waals surface area contributed by atoms with Gasteiger partial charge in [-0.15, -0.1) is 0 Å². The molecule has 0 bridgehead atoms. The second-order valence-corrected chi connectivity index (χ2v) is 9.74. The van der Waals surface area contributed by atoms with Crippen molar-refractivity contribution in [2.24, 2.45) is 0 Å². The summed E-state index contributed by atoms with van der Waals surface area (Å²) in [5, 5.41) is 5.14. The van der Waals surface area contributed by atoms with Crippen LogP contribution in [-0.2, 0) is 17.8 Å². The number of nitrogens with one attached hydrogen (secondary N) is 2. The minimum Gasteiger partial charge on any atom is -0.497 e. The van der Waals surface area contributed by atoms with E-state index in [1.54, 1.807) is 7.11 Å². The molecule has 0 radical (unpaired) electrons. The van der Waals surface area contributed by atoms with Crippen molar-refractivity contribution in [2.45, 2.75) is 33.4 Å². The minimum atomic E-state index is -0.0777. The van der Waals surface area contributed by atoms with Gasteiger partial charge in [-0.3, -0.25) is 9.69 Å². The Morgan fingerprint density at radius 3 is 2.56 bits per heavy atom. The summed E-state index contributed by atoms with van der Waals surface area (Å²) in [6, 6.07) is 14.1. The van der Waals surface area contributed by atoms with Crippen molar-refractivity contribution in [3.05, 3.63) is 75.1 Å². The van der Waals surface area contributed by atoms with Gasteiger partial charge in [-0.1, -0.05) is 24.3 Å². The first-order valence-corrected chi connectivity index (χ1v) is 12.9. The highest BCUT2D eigenvalue weighted by atomic mass is 32.1. The minimum absolute atomic E-state index is 0.0777. The standard InChI is InChI=1S/C28H36N4O3S/c1-20-5-6-21(2)26-25(20)17-23(27(33)30-26)19-32(18-22-7-9-24(34-3)10-8-22)28(36)29-11-4-12-31-13-15-35-16-14-31/h5-10,17H,4,11-16,18-19H2,1-3H3,(H,29,36)(H,30,33). The third-order valence-electron chi connectivity index (χ3n) is 6.73. The van der Waals surface area contributed by atoms with Crippen LogP contribution < -0.4 is 15.6 Å². The van der Waals surface area contributed by atoms with Gasteiger partial charge in [0.05, 0.1) is 32.4 Å². The van der Waals surface area contributed by atoms with Crippen molar-refractivity contribution in [1.29, 1.82) is 0 Å². The quantitative estimate of drug-likeness (QED) is 0.337. The van der Waals surface area contributed by atoms with E-state index in [9.17, 15) is 4.79 Å². The summed E-state index contributed by atoms with van der Waals surface area (Å²) >= 11 is 5.82. The summed E-state index contributed by atoms with van der Waals surface area (Å²) in [5.41, 5.74) is 4.81. The summed E-state index contributed by atoms with van der Waals surface area (Å²) in [6.45, 7) is 10.5. The Hall–Kier alpha value is -2.94. The summed E-state index contributed by atoms with van der Waals surface area (Å²) in [6.07, 6.45) is 0.992. The van der Waals surface area contributed by atoms with E-state index in [4.69, 9.17) is 21.7 Å². The number of nitrogens with zero attached hydrogens (tertiary/aromatic N) is 2. The Morgan fingerprint density at radius 2 is 1.83 bits per heavy atom. The highest BCUT2D eigenvalue weighted by molar-refractivity contribution is 7.80. The number of fused-ring (bicyclic) bond motifs is 1. The van der Waals surface area contributed by atoms with Crippen LogP contribution in [0.4, 0.5) is 0 Å². The van der Waals surface area contributed by atoms with Crippen LogP contribution in [0.15, 0.2) is 47.3 Å². The fourth-order valence-electron chi connectivity index (χ4n) is 4.53. The van der Waals surface area contributed by atoms with E-state index in [2.05, 4.69) is 33.1 Å². The second-order valence-electron chi connectivity index (χ2n) is 9.36. The third kappa shape index (κ3) is 6.63. The number of benzene rings is 2. The predicted molar refractivity (Wildman–Crippen MR) is 149 cm³/mol. The topological polar surface area (TPSA) is 69.8 Å². The number of H-pyrrole nitrogens is 1. The van der Waals surface area contributed by atoms with Crippen molar-refractivity contribution in [3.63, 3.8) is 0 Å². The van der Waals surface area contributed by atoms with E-state index >= 15 is 0 Å². The molecular weight excluding hydrogens is 472 g/mol. The number of methoxy groups -OCH3 is 1. The van der Waals surface area contributed by atoms with Gasteiger partial charge >= 0.3 is 0 Å². The van der Waals surface area contributed by atoms with Gasteiger partial charge in [0.15, 0.2) is 5.11 Å². The fourth-order valence-corrected chi connectivity index (χ4v) is 4.76. The maximum Gasteiger partial charge on any atom is 0.253 e. The molecule has 2 heterocycles. The van der Waals surface area contributed by atoms with Crippen molar-refractivity contribution in [3.8, 4) is 5.75 Å². The first kappa shape index (κ1) is 26.1. The number of hydrogen-bond donors (Lipinski definition) is 2. The average Bonchev–Trinajstić information content (AvgIpc) is 2.90. The van der Waals surface area contributed by atoms with Gasteiger partial charge in [-0.05, 0) is 73.9 Å². The number of hydrogen-bond acceptors (Lipinski definition) is 5. The average molecular weight is 509 g/mol. The normalized spacial score (nSPS) is 14.1. The molecule has 0 saturated carbocycles. The van der Waals surface area contributed by atoms with Gasteiger partial charge in [0.25, 0.3) is 5.56 Å². The van der Waals surface area contributed by atoms with Gasteiger partial charge in [-0.25, -0.2) is 0 Å². The largest absolute Gasteiger partial charge is 0.497 e. The number of rotatable bonds is 9. The molecule has 2 aromatic carbocycles. The second kappa shape index (κ2) is 12.3. The molecule has 7 nitrogen and oxygen atoms in total. The summed E-state index contributed by atoms with van der Waals surface area (Å²) in [5.74, 6) is 0.811. The third-order valence-corrected chi connectivity index (χ3v) is 7.14. The Labute approximate surface area is 218 Å². The summed E-state index contributed by atoms with van der Waals surface area (Å²) in [7, 11) is 1.66. The molecule has 1 fully saturated rings. The predicted octanol–water partition coefficient (Wildman–Crippen LogP) is 3.75. The number of thiocarbonyl (C=S) groups is 1. The van der Waals surface area contributed by atoms with Crippen LogP contribution in [0.3, 0.4) is 0 Å². The van der Waals surface area contributed by atoms with Gasteiger partial charge in [0, 0.05) is 37.1 Å². The summed E-state index contributed by atoms with van der Waals surface area (Å²) < 4.78 is 10.7. The van der Waals surface area contributed by atoms with Gasteiger partial charge in [-0.2, -0.15) is 0 Å². The first-order chi connectivity index (χ1) is 17.4. The van der Waals surface area contributed by atoms with Crippen LogP contribution in [0, 0.1) is 13.8 Å². The molecule has 0 amide bonds. The smallest absolute Gasteiger partial charge is 0.253 e. The lowest BCUT2D eigenvalue weighted by atomic mass is 10.0. The highest BCUT2D eigenvalue weighted by Gasteiger charge is 2.16. The summed E-state index contributed by atoms with van der Waals surface area (Å²) in [4.78, 5) is 20.6. The van der Waals surface area contributed by atoms with Crippen molar-refractivity contribution < 1.29 is 9.47 Å². The number of pyridine rings is 1. The lowest BCUT2D eigenvalue weighted by molar-refractivity contribution is 0.0376. The maximum atomic E-state index is 13.0. The molecule has 3 aromatic rings. The van der Waals surface area contributed by atoms with E-state index < -0.39 is 0 Å². The number of ether oxygens (including phenoxy) is 2. The molecule has 0 spiro atoms. The first-order valence-electron chi connectivity index (χ1n) is 12.5. The van der Waals surface area contributed by atoms with Crippen LogP contribution in [0.1, 0.15) is 28.7 Å². The van der Waals surface area contributed by atoms with Crippen molar-refractivity contribution >= 4 is 28.2 Å². The lowest BCUT2D eigenvalue weighted by Crippen LogP contribution is -2.42. The van der Waals surface area contributed by atoms with Crippen LogP contribution >= 0.6 is 12.2 Å². The Balaban J connectivity index is 1.50. The number of aromatic amines is 1. The highest BCUT2D eigenvalue weighted by Crippen LogP contribution is 2.21.